The van der Waals surface area contributed by atoms with E-state index < -0.39 is 12.0 Å². The Morgan fingerprint density at radius 2 is 1.89 bits per heavy atom. The maximum Gasteiger partial charge on any atom is 0.326 e. The van der Waals surface area contributed by atoms with E-state index in [-0.39, 0.29) is 5.91 Å². The van der Waals surface area contributed by atoms with Gasteiger partial charge in [-0.05, 0) is 78.5 Å². The number of carboxylic acids is 1. The standard InChI is InChI=1S/C29H39NO4S/c1-21-9-6-7-13-24(21)26-19-23(20-34-17-8-12-22-10-4-3-5-11-22)14-15-25(26)28(31)30-27(29(32)33)16-18-35-2/h6-7,9,13-15,19,22,27H,3-5,8,10-12,16-18,20H2,1-2H3,(H,30,31)(H,32,33)/t27-/m0/s1. The van der Waals surface area contributed by atoms with Crippen molar-refractivity contribution in [2.45, 2.75) is 70.9 Å². The van der Waals surface area contributed by atoms with Crippen LogP contribution in [-0.4, -0.2) is 41.6 Å². The summed E-state index contributed by atoms with van der Waals surface area (Å²) >= 11 is 1.56. The molecule has 1 fully saturated rings. The van der Waals surface area contributed by atoms with Crippen molar-refractivity contribution >= 4 is 23.6 Å². The molecule has 190 valence electrons. The van der Waals surface area contributed by atoms with Gasteiger partial charge in [-0.1, -0.05) is 62.4 Å². The van der Waals surface area contributed by atoms with Gasteiger partial charge in [0.25, 0.3) is 5.91 Å². The molecule has 0 radical (unpaired) electrons. The Kier molecular flexibility index (Phi) is 11.1. The largest absolute Gasteiger partial charge is 0.480 e. The molecule has 35 heavy (non-hydrogen) atoms. The third-order valence-corrected chi connectivity index (χ3v) is 7.52. The van der Waals surface area contributed by atoms with Crippen LogP contribution in [0, 0.1) is 12.8 Å². The molecule has 0 heterocycles. The molecule has 1 amide bonds. The van der Waals surface area contributed by atoms with E-state index in [0.29, 0.717) is 24.3 Å². The van der Waals surface area contributed by atoms with Crippen LogP contribution in [0.5, 0.6) is 0 Å². The molecule has 1 aliphatic carbocycles. The van der Waals surface area contributed by atoms with Crippen LogP contribution in [-0.2, 0) is 16.1 Å². The van der Waals surface area contributed by atoms with Gasteiger partial charge in [-0.2, -0.15) is 11.8 Å². The lowest BCUT2D eigenvalue weighted by molar-refractivity contribution is -0.139. The smallest absolute Gasteiger partial charge is 0.326 e. The fourth-order valence-electron chi connectivity index (χ4n) is 4.85. The lowest BCUT2D eigenvalue weighted by Crippen LogP contribution is -2.41. The highest BCUT2D eigenvalue weighted by molar-refractivity contribution is 7.98. The summed E-state index contributed by atoms with van der Waals surface area (Å²) in [5.74, 6) is 0.155. The van der Waals surface area contributed by atoms with Gasteiger partial charge in [0.1, 0.15) is 6.04 Å². The van der Waals surface area contributed by atoms with Crippen LogP contribution in [0.15, 0.2) is 42.5 Å². The number of carbonyl (C=O) groups is 2. The van der Waals surface area contributed by atoms with E-state index in [2.05, 4.69) is 5.32 Å². The van der Waals surface area contributed by atoms with Crippen molar-refractivity contribution in [2.75, 3.05) is 18.6 Å². The van der Waals surface area contributed by atoms with Gasteiger partial charge in [-0.25, -0.2) is 4.79 Å². The Morgan fingerprint density at radius 3 is 2.60 bits per heavy atom. The maximum absolute atomic E-state index is 13.2. The molecule has 2 aromatic carbocycles. The quantitative estimate of drug-likeness (QED) is 0.310. The van der Waals surface area contributed by atoms with Gasteiger partial charge in [-0.15, -0.1) is 0 Å². The van der Waals surface area contributed by atoms with E-state index in [0.717, 1.165) is 41.2 Å². The van der Waals surface area contributed by atoms with Gasteiger partial charge in [0.05, 0.1) is 6.61 Å². The molecular weight excluding hydrogens is 458 g/mol. The predicted octanol–water partition coefficient (Wildman–Crippen LogP) is 6.48. The van der Waals surface area contributed by atoms with Crippen molar-refractivity contribution in [1.82, 2.24) is 5.32 Å². The molecule has 1 saturated carbocycles. The lowest BCUT2D eigenvalue weighted by Gasteiger charge is -2.21. The minimum Gasteiger partial charge on any atom is -0.480 e. The SMILES string of the molecule is CSCC[C@H](NC(=O)c1ccc(COCCCC2CCCCC2)cc1-c1ccccc1C)C(=O)O. The monoisotopic (exact) mass is 497 g/mol. The normalized spacial score (nSPS) is 15.0. The first-order chi connectivity index (χ1) is 17.0. The highest BCUT2D eigenvalue weighted by atomic mass is 32.2. The first kappa shape index (κ1) is 27.3. The van der Waals surface area contributed by atoms with Gasteiger partial charge in [0, 0.05) is 12.2 Å². The number of nitrogens with one attached hydrogen (secondary N) is 1. The Hall–Kier alpha value is -2.31. The van der Waals surface area contributed by atoms with Gasteiger partial charge in [0.15, 0.2) is 0 Å². The average molecular weight is 498 g/mol. The molecule has 3 rings (SSSR count). The summed E-state index contributed by atoms with van der Waals surface area (Å²) in [7, 11) is 0. The number of carboxylic acid groups (broad SMARTS) is 1. The number of hydrogen-bond acceptors (Lipinski definition) is 4. The third-order valence-electron chi connectivity index (χ3n) is 6.87. The molecule has 5 nitrogen and oxygen atoms in total. The average Bonchev–Trinajstić information content (AvgIpc) is 2.87. The number of benzene rings is 2. The number of thioether (sulfide) groups is 1. The predicted molar refractivity (Wildman–Crippen MR) is 144 cm³/mol. The molecule has 1 atom stereocenters. The molecule has 0 spiro atoms. The van der Waals surface area contributed by atoms with Crippen LogP contribution in [0.25, 0.3) is 11.1 Å². The lowest BCUT2D eigenvalue weighted by atomic mass is 9.86. The fourth-order valence-corrected chi connectivity index (χ4v) is 5.32. The van der Waals surface area contributed by atoms with Crippen LogP contribution >= 0.6 is 11.8 Å². The van der Waals surface area contributed by atoms with Crippen LogP contribution in [0.1, 0.15) is 72.9 Å². The second kappa shape index (κ2) is 14.3. The highest BCUT2D eigenvalue weighted by Crippen LogP contribution is 2.29. The number of aryl methyl sites for hydroxylation is 1. The Morgan fingerprint density at radius 1 is 1.11 bits per heavy atom. The molecule has 0 saturated heterocycles. The van der Waals surface area contributed by atoms with E-state index in [4.69, 9.17) is 4.74 Å². The second-order valence-corrected chi connectivity index (χ2v) is 10.5. The van der Waals surface area contributed by atoms with Crippen molar-refractivity contribution in [3.63, 3.8) is 0 Å². The molecule has 0 aromatic heterocycles. The Labute approximate surface area is 214 Å². The zero-order valence-corrected chi connectivity index (χ0v) is 21.9. The van der Waals surface area contributed by atoms with Crippen molar-refractivity contribution < 1.29 is 19.4 Å². The fraction of sp³-hybridized carbons (Fsp3) is 0.517. The first-order valence-corrected chi connectivity index (χ1v) is 14.2. The summed E-state index contributed by atoms with van der Waals surface area (Å²) in [5.41, 5.74) is 4.32. The van der Waals surface area contributed by atoms with Crippen LogP contribution in [0.3, 0.4) is 0 Å². The van der Waals surface area contributed by atoms with Crippen molar-refractivity contribution in [3.05, 3.63) is 59.2 Å². The van der Waals surface area contributed by atoms with E-state index >= 15 is 0 Å². The zero-order valence-electron chi connectivity index (χ0n) is 21.1. The highest BCUT2D eigenvalue weighted by Gasteiger charge is 2.22. The topological polar surface area (TPSA) is 75.6 Å². The number of hydrogen-bond donors (Lipinski definition) is 2. The number of amides is 1. The first-order valence-electron chi connectivity index (χ1n) is 12.8. The van der Waals surface area contributed by atoms with Crippen LogP contribution in [0.2, 0.25) is 0 Å². The van der Waals surface area contributed by atoms with E-state index in [9.17, 15) is 14.7 Å². The molecule has 6 heteroatoms. The summed E-state index contributed by atoms with van der Waals surface area (Å²) in [6.07, 6.45) is 11.5. The van der Waals surface area contributed by atoms with E-state index in [1.807, 2.05) is 49.6 Å². The number of rotatable bonds is 13. The van der Waals surface area contributed by atoms with E-state index in [1.54, 1.807) is 17.8 Å². The van der Waals surface area contributed by atoms with Crippen LogP contribution in [0.4, 0.5) is 0 Å². The summed E-state index contributed by atoms with van der Waals surface area (Å²) in [5, 5.41) is 12.3. The molecular formula is C29H39NO4S. The Balaban J connectivity index is 1.70. The molecule has 0 bridgehead atoms. The van der Waals surface area contributed by atoms with Gasteiger partial charge >= 0.3 is 5.97 Å². The minimum atomic E-state index is -1.01. The molecule has 2 aromatic rings. The summed E-state index contributed by atoms with van der Waals surface area (Å²) in [6, 6.07) is 12.8. The number of ether oxygens (including phenoxy) is 1. The molecule has 1 aliphatic rings. The maximum atomic E-state index is 13.2. The van der Waals surface area contributed by atoms with Crippen LogP contribution < -0.4 is 5.32 Å². The zero-order chi connectivity index (χ0) is 25.0. The second-order valence-electron chi connectivity index (χ2n) is 9.54. The molecule has 0 unspecified atom stereocenters. The number of aliphatic carboxylic acids is 1. The van der Waals surface area contributed by atoms with Gasteiger partial charge in [-0.3, -0.25) is 4.79 Å². The third kappa shape index (κ3) is 8.39. The summed E-state index contributed by atoms with van der Waals surface area (Å²) in [4.78, 5) is 24.8. The van der Waals surface area contributed by atoms with Gasteiger partial charge < -0.3 is 15.2 Å². The minimum absolute atomic E-state index is 0.364. The van der Waals surface area contributed by atoms with Crippen molar-refractivity contribution in [1.29, 1.82) is 0 Å². The summed E-state index contributed by atoms with van der Waals surface area (Å²) < 4.78 is 5.99. The van der Waals surface area contributed by atoms with Crippen molar-refractivity contribution in [3.8, 4) is 11.1 Å². The number of carbonyl (C=O) groups excluding carboxylic acids is 1. The van der Waals surface area contributed by atoms with E-state index in [1.165, 1.54) is 38.5 Å². The summed E-state index contributed by atoms with van der Waals surface area (Å²) in [6.45, 7) is 3.26. The Bertz CT molecular complexity index is 971. The molecule has 0 aliphatic heterocycles. The van der Waals surface area contributed by atoms with Gasteiger partial charge in [0.2, 0.25) is 0 Å². The molecule has 2 N–H and O–H groups in total. The van der Waals surface area contributed by atoms with Crippen molar-refractivity contribution in [2.24, 2.45) is 5.92 Å².